The Labute approximate surface area is 267 Å². The number of carbonyl (C=O) groups is 1. The zero-order valence-electron chi connectivity index (χ0n) is 28.1. The number of esters is 1. The van der Waals surface area contributed by atoms with Gasteiger partial charge >= 0.3 is 5.97 Å². The van der Waals surface area contributed by atoms with Crippen LogP contribution in [0, 0.1) is 52.3 Å². The van der Waals surface area contributed by atoms with Gasteiger partial charge in [0.15, 0.2) is 9.84 Å². The normalized spacial score (nSPS) is 37.8. The van der Waals surface area contributed by atoms with E-state index in [2.05, 4.69) is 34.6 Å². The second kappa shape index (κ2) is 13.7. The summed E-state index contributed by atoms with van der Waals surface area (Å²) in [5, 5.41) is 0. The molecule has 0 N–H and O–H groups in total. The van der Waals surface area contributed by atoms with Crippen molar-refractivity contribution in [2.45, 2.75) is 129 Å². The highest BCUT2D eigenvalue weighted by atomic mass is 32.2. The maximum absolute atomic E-state index is 13.1. The summed E-state index contributed by atoms with van der Waals surface area (Å²) in [5.41, 5.74) is 0.305. The highest BCUT2D eigenvalue weighted by molar-refractivity contribution is 7.91. The summed E-state index contributed by atoms with van der Waals surface area (Å²) in [6, 6.07) is 8.60. The molecule has 10 atom stereocenters. The first kappa shape index (κ1) is 33.9. The van der Waals surface area contributed by atoms with Crippen LogP contribution in [0.4, 0.5) is 0 Å². The number of sulfone groups is 1. The molecule has 1 aromatic rings. The molecule has 0 spiro atoms. The number of benzene rings is 1. The molecule has 3 saturated carbocycles. The van der Waals surface area contributed by atoms with E-state index in [-0.39, 0.29) is 29.2 Å². The molecule has 3 aliphatic carbocycles. The van der Waals surface area contributed by atoms with Crippen LogP contribution in [-0.4, -0.2) is 39.5 Å². The van der Waals surface area contributed by atoms with E-state index in [0.717, 1.165) is 36.5 Å². The van der Waals surface area contributed by atoms with E-state index in [1.807, 2.05) is 6.07 Å². The van der Waals surface area contributed by atoms with Gasteiger partial charge < -0.3 is 4.74 Å². The minimum atomic E-state index is -3.47. The second-order valence-corrected chi connectivity index (χ2v) is 18.0. The molecule has 248 valence electrons. The lowest BCUT2D eigenvalue weighted by Crippen LogP contribution is -2.53. The number of rotatable bonds is 12. The fourth-order valence-corrected chi connectivity index (χ4v) is 12.1. The Bertz CT molecular complexity index is 1220. The van der Waals surface area contributed by atoms with Crippen molar-refractivity contribution in [3.63, 3.8) is 0 Å². The van der Waals surface area contributed by atoms with E-state index in [1.165, 1.54) is 58.5 Å². The van der Waals surface area contributed by atoms with E-state index in [4.69, 9.17) is 14.5 Å². The fraction of sp³-hybridized carbons (Fsp3) is 0.811. The van der Waals surface area contributed by atoms with Gasteiger partial charge in [-0.25, -0.2) is 18.2 Å². The maximum atomic E-state index is 13.1. The Morgan fingerprint density at radius 2 is 1.68 bits per heavy atom. The third-order valence-electron chi connectivity index (χ3n) is 12.9. The van der Waals surface area contributed by atoms with Gasteiger partial charge in [-0.2, -0.15) is 0 Å². The Hall–Kier alpha value is -1.44. The van der Waals surface area contributed by atoms with Crippen LogP contribution in [0.3, 0.4) is 0 Å². The monoisotopic (exact) mass is 630 g/mol. The SMILES string of the molecule is COC(=O)C[C@@H]1CC[C@@H]2[C@H](CC[C@]3(C)[C@@H]([C@H](C)CCCC(C)C)CC[C@@H]23)[C@@]1(C)C[C@@H]1C[C@H](CS(=O)(=O)c2ccccc2)OO1. The topological polar surface area (TPSA) is 78.9 Å². The van der Waals surface area contributed by atoms with Crippen molar-refractivity contribution >= 4 is 15.8 Å². The molecule has 0 radical (unpaired) electrons. The predicted octanol–water partition coefficient (Wildman–Crippen LogP) is 8.44. The van der Waals surface area contributed by atoms with Crippen molar-refractivity contribution in [2.24, 2.45) is 52.3 Å². The number of ether oxygens (including phenoxy) is 1. The van der Waals surface area contributed by atoms with Crippen LogP contribution >= 0.6 is 0 Å². The Balaban J connectivity index is 1.30. The van der Waals surface area contributed by atoms with Crippen molar-refractivity contribution in [3.8, 4) is 0 Å². The van der Waals surface area contributed by atoms with Gasteiger partial charge in [0, 0.05) is 12.8 Å². The molecule has 7 heteroatoms. The summed E-state index contributed by atoms with van der Waals surface area (Å²) in [7, 11) is -1.98. The third-order valence-corrected chi connectivity index (χ3v) is 14.7. The van der Waals surface area contributed by atoms with E-state index >= 15 is 0 Å². The Kier molecular flexibility index (Phi) is 10.6. The van der Waals surface area contributed by atoms with Crippen LogP contribution in [0.5, 0.6) is 0 Å². The largest absolute Gasteiger partial charge is 0.469 e. The number of carbonyl (C=O) groups excluding carboxylic acids is 1. The average molecular weight is 631 g/mol. The van der Waals surface area contributed by atoms with Crippen LogP contribution in [0.15, 0.2) is 35.2 Å². The summed E-state index contributed by atoms with van der Waals surface area (Å²) in [6.45, 7) is 12.2. The van der Waals surface area contributed by atoms with Crippen LogP contribution < -0.4 is 0 Å². The minimum absolute atomic E-state index is 0.0843. The van der Waals surface area contributed by atoms with Crippen LogP contribution in [-0.2, 0) is 29.1 Å². The van der Waals surface area contributed by atoms with Crippen molar-refractivity contribution in [1.82, 2.24) is 0 Å². The Morgan fingerprint density at radius 1 is 0.955 bits per heavy atom. The van der Waals surface area contributed by atoms with Gasteiger partial charge in [0.25, 0.3) is 0 Å². The highest BCUT2D eigenvalue weighted by Crippen LogP contribution is 2.68. The van der Waals surface area contributed by atoms with Crippen molar-refractivity contribution in [3.05, 3.63) is 30.3 Å². The standard InChI is InChI=1S/C37H58O6S/c1-25(2)11-10-12-26(3)32-17-18-33-31-16-15-27(21-35(38)41-6)37(5,34(31)19-20-36(32,33)4)23-28-22-29(43-42-28)24-44(39,40)30-13-8-7-9-14-30/h7-9,13-14,25-29,31-34H,10-12,15-24H2,1-6H3/t26-,27+,28+,29-,31+,32-,33+,34+,36-,37+/m1/s1. The lowest BCUT2D eigenvalue weighted by molar-refractivity contribution is -0.299. The quantitative estimate of drug-likeness (QED) is 0.170. The zero-order chi connectivity index (χ0) is 31.7. The molecule has 0 amide bonds. The molecule has 1 aliphatic heterocycles. The third kappa shape index (κ3) is 6.95. The first-order valence-electron chi connectivity index (χ1n) is 17.5. The zero-order valence-corrected chi connectivity index (χ0v) is 28.9. The summed E-state index contributed by atoms with van der Waals surface area (Å²) in [4.78, 5) is 24.6. The van der Waals surface area contributed by atoms with E-state index < -0.39 is 15.9 Å². The maximum Gasteiger partial charge on any atom is 0.305 e. The fourth-order valence-electron chi connectivity index (χ4n) is 10.7. The number of hydrogen-bond donors (Lipinski definition) is 0. The molecule has 1 saturated heterocycles. The summed E-state index contributed by atoms with van der Waals surface area (Å²) in [5.74, 6) is 4.29. The van der Waals surface area contributed by atoms with Gasteiger partial charge in [-0.1, -0.05) is 72.1 Å². The van der Waals surface area contributed by atoms with Crippen LogP contribution in [0.2, 0.25) is 0 Å². The predicted molar refractivity (Wildman–Crippen MR) is 173 cm³/mol. The number of hydrogen-bond acceptors (Lipinski definition) is 6. The lowest BCUT2D eigenvalue weighted by atomic mass is 9.45. The van der Waals surface area contributed by atoms with Gasteiger partial charge in [0.2, 0.25) is 0 Å². The van der Waals surface area contributed by atoms with E-state index in [0.29, 0.717) is 35.0 Å². The van der Waals surface area contributed by atoms with Crippen molar-refractivity contribution < 1.29 is 27.7 Å². The molecular formula is C37H58O6S. The first-order valence-corrected chi connectivity index (χ1v) is 19.2. The van der Waals surface area contributed by atoms with Gasteiger partial charge in [0.1, 0.15) is 6.10 Å². The summed E-state index contributed by atoms with van der Waals surface area (Å²) >= 11 is 0. The van der Waals surface area contributed by atoms with Gasteiger partial charge in [0.05, 0.1) is 23.9 Å². The molecule has 5 rings (SSSR count). The number of fused-ring (bicyclic) bond motifs is 3. The molecule has 4 fully saturated rings. The van der Waals surface area contributed by atoms with Crippen LogP contribution in [0.1, 0.15) is 112 Å². The highest BCUT2D eigenvalue weighted by Gasteiger charge is 2.60. The molecule has 0 aromatic heterocycles. The molecule has 0 unspecified atom stereocenters. The second-order valence-electron chi connectivity index (χ2n) is 15.9. The van der Waals surface area contributed by atoms with Gasteiger partial charge in [-0.3, -0.25) is 4.79 Å². The molecule has 1 heterocycles. The molecule has 4 aliphatic rings. The van der Waals surface area contributed by atoms with Crippen LogP contribution in [0.25, 0.3) is 0 Å². The van der Waals surface area contributed by atoms with Gasteiger partial charge in [-0.15, -0.1) is 0 Å². The summed E-state index contributed by atoms with van der Waals surface area (Å²) < 4.78 is 31.3. The molecule has 6 nitrogen and oxygen atoms in total. The van der Waals surface area contributed by atoms with E-state index in [1.54, 1.807) is 24.3 Å². The van der Waals surface area contributed by atoms with Gasteiger partial charge in [-0.05, 0) is 109 Å². The minimum Gasteiger partial charge on any atom is -0.469 e. The molecule has 44 heavy (non-hydrogen) atoms. The van der Waals surface area contributed by atoms with Crippen molar-refractivity contribution in [2.75, 3.05) is 12.9 Å². The Morgan fingerprint density at radius 3 is 2.39 bits per heavy atom. The first-order chi connectivity index (χ1) is 20.9. The number of methoxy groups -OCH3 is 1. The van der Waals surface area contributed by atoms with E-state index in [9.17, 15) is 13.2 Å². The molecule has 1 aromatic carbocycles. The summed E-state index contributed by atoms with van der Waals surface area (Å²) in [6.07, 6.45) is 12.5. The lowest BCUT2D eigenvalue weighted by Gasteiger charge is -2.59. The molecular weight excluding hydrogens is 572 g/mol. The average Bonchev–Trinajstić information content (AvgIpc) is 3.57. The van der Waals surface area contributed by atoms with Crippen molar-refractivity contribution in [1.29, 1.82) is 0 Å². The smallest absolute Gasteiger partial charge is 0.305 e. The molecule has 0 bridgehead atoms.